The number of hydrogen-bond donors (Lipinski definition) is 2. The van der Waals surface area contributed by atoms with E-state index in [2.05, 4.69) is 22.1 Å². The Bertz CT molecular complexity index is 794. The van der Waals surface area contributed by atoms with E-state index in [1.807, 2.05) is 18.2 Å². The van der Waals surface area contributed by atoms with Crippen molar-refractivity contribution in [1.82, 2.24) is 14.9 Å². The molecule has 2 N–H and O–H groups in total. The lowest BCUT2D eigenvalue weighted by atomic mass is 9.92. The molecule has 1 aliphatic heterocycles. The fourth-order valence-corrected chi connectivity index (χ4v) is 3.10. The Labute approximate surface area is 133 Å². The van der Waals surface area contributed by atoms with Crippen LogP contribution in [0.5, 0.6) is 0 Å². The third-order valence-electron chi connectivity index (χ3n) is 4.34. The number of aromatic amines is 2. The average Bonchev–Trinajstić information content (AvgIpc) is 2.81. The Morgan fingerprint density at radius 1 is 1.09 bits per heavy atom. The molecule has 6 heteroatoms. The van der Waals surface area contributed by atoms with E-state index in [-0.39, 0.29) is 11.5 Å². The van der Waals surface area contributed by atoms with Crippen molar-refractivity contribution in [2.45, 2.75) is 25.2 Å². The number of benzene rings is 1. The average molecular weight is 313 g/mol. The van der Waals surface area contributed by atoms with Crippen molar-refractivity contribution < 1.29 is 4.79 Å². The van der Waals surface area contributed by atoms with E-state index in [4.69, 9.17) is 0 Å². The van der Waals surface area contributed by atoms with Crippen molar-refractivity contribution in [2.24, 2.45) is 0 Å². The van der Waals surface area contributed by atoms with Gasteiger partial charge in [0.1, 0.15) is 5.56 Å². The Morgan fingerprint density at radius 3 is 2.61 bits per heavy atom. The van der Waals surface area contributed by atoms with Gasteiger partial charge in [-0.25, -0.2) is 4.79 Å². The maximum absolute atomic E-state index is 12.5. The zero-order valence-corrected chi connectivity index (χ0v) is 12.7. The minimum Gasteiger partial charge on any atom is -0.338 e. The maximum atomic E-state index is 12.5. The van der Waals surface area contributed by atoms with Gasteiger partial charge >= 0.3 is 5.69 Å². The van der Waals surface area contributed by atoms with Gasteiger partial charge in [-0.05, 0) is 30.7 Å². The molecule has 1 fully saturated rings. The van der Waals surface area contributed by atoms with Crippen molar-refractivity contribution in [3.05, 3.63) is 68.5 Å². The first-order chi connectivity index (χ1) is 11.1. The number of H-pyrrole nitrogens is 2. The van der Waals surface area contributed by atoms with Gasteiger partial charge in [0.2, 0.25) is 0 Å². The van der Waals surface area contributed by atoms with Gasteiger partial charge < -0.3 is 9.88 Å². The lowest BCUT2D eigenvalue weighted by Gasteiger charge is -2.20. The minimum atomic E-state index is -0.636. The first-order valence-corrected chi connectivity index (χ1v) is 7.81. The molecule has 23 heavy (non-hydrogen) atoms. The van der Waals surface area contributed by atoms with Crippen molar-refractivity contribution in [3.63, 3.8) is 0 Å². The molecular weight excluding hydrogens is 294 g/mol. The summed E-state index contributed by atoms with van der Waals surface area (Å²) < 4.78 is 0. The number of nitrogens with zero attached hydrogens (tertiary/aromatic N) is 1. The molecule has 1 amide bonds. The predicted molar refractivity (Wildman–Crippen MR) is 86.6 cm³/mol. The van der Waals surface area contributed by atoms with E-state index in [1.54, 1.807) is 4.90 Å². The van der Waals surface area contributed by atoms with Crippen LogP contribution in [0.4, 0.5) is 0 Å². The first kappa shape index (κ1) is 15.3. The summed E-state index contributed by atoms with van der Waals surface area (Å²) in [7, 11) is 0. The largest absolute Gasteiger partial charge is 0.338 e. The molecule has 6 nitrogen and oxygen atoms in total. The molecule has 2 aromatic rings. The van der Waals surface area contributed by atoms with E-state index >= 15 is 0 Å². The van der Waals surface area contributed by atoms with E-state index < -0.39 is 11.2 Å². The fourth-order valence-electron chi connectivity index (χ4n) is 3.10. The summed E-state index contributed by atoms with van der Waals surface area (Å²) in [5.41, 5.74) is 0.0422. The van der Waals surface area contributed by atoms with Gasteiger partial charge in [0.25, 0.3) is 11.5 Å². The molecule has 3 rings (SSSR count). The Balaban J connectivity index is 1.74. The van der Waals surface area contributed by atoms with Gasteiger partial charge in [-0.15, -0.1) is 0 Å². The Kier molecular flexibility index (Phi) is 4.41. The highest BCUT2D eigenvalue weighted by atomic mass is 16.2. The standard InChI is InChI=1S/C17H19N3O3/c21-15-14(11-18-17(23)19-15)16(22)20-9-4-7-13(8-10-20)12-5-2-1-3-6-12/h1-3,5-6,11,13H,4,7-10H2,(H2,18,19,21,23). The van der Waals surface area contributed by atoms with E-state index in [1.165, 1.54) is 11.8 Å². The molecule has 1 aromatic heterocycles. The van der Waals surface area contributed by atoms with Gasteiger partial charge in [-0.3, -0.25) is 14.6 Å². The summed E-state index contributed by atoms with van der Waals surface area (Å²) in [4.78, 5) is 41.5. The van der Waals surface area contributed by atoms with Crippen LogP contribution >= 0.6 is 0 Å². The molecule has 2 heterocycles. The van der Waals surface area contributed by atoms with Crippen LogP contribution in [0.2, 0.25) is 0 Å². The topological polar surface area (TPSA) is 86.0 Å². The maximum Gasteiger partial charge on any atom is 0.325 e. The van der Waals surface area contributed by atoms with Gasteiger partial charge in [0.15, 0.2) is 0 Å². The van der Waals surface area contributed by atoms with Crippen molar-refractivity contribution >= 4 is 5.91 Å². The van der Waals surface area contributed by atoms with Crippen LogP contribution in [0.25, 0.3) is 0 Å². The zero-order valence-electron chi connectivity index (χ0n) is 12.7. The van der Waals surface area contributed by atoms with Gasteiger partial charge in [-0.2, -0.15) is 0 Å². The summed E-state index contributed by atoms with van der Waals surface area (Å²) in [6.45, 7) is 1.23. The quantitative estimate of drug-likeness (QED) is 0.880. The molecule has 0 aliphatic carbocycles. The lowest BCUT2D eigenvalue weighted by Crippen LogP contribution is -2.37. The molecule has 0 bridgehead atoms. The molecule has 1 aliphatic rings. The molecule has 1 saturated heterocycles. The Morgan fingerprint density at radius 2 is 1.87 bits per heavy atom. The molecule has 1 aromatic carbocycles. The zero-order chi connectivity index (χ0) is 16.2. The van der Waals surface area contributed by atoms with Crippen LogP contribution in [-0.4, -0.2) is 33.9 Å². The van der Waals surface area contributed by atoms with Gasteiger partial charge in [0, 0.05) is 19.3 Å². The SMILES string of the molecule is O=C(c1c[nH]c(=O)[nH]c1=O)N1CCCC(c2ccccc2)CC1. The van der Waals surface area contributed by atoms with Crippen molar-refractivity contribution in [2.75, 3.05) is 13.1 Å². The third kappa shape index (κ3) is 3.41. The molecule has 0 radical (unpaired) electrons. The number of carbonyl (C=O) groups excluding carboxylic acids is 1. The number of aromatic nitrogens is 2. The third-order valence-corrected chi connectivity index (χ3v) is 4.34. The van der Waals surface area contributed by atoms with Crippen molar-refractivity contribution in [3.8, 4) is 0 Å². The minimum absolute atomic E-state index is 0.0113. The number of likely N-dealkylation sites (tertiary alicyclic amines) is 1. The molecule has 120 valence electrons. The van der Waals surface area contributed by atoms with E-state index in [0.29, 0.717) is 19.0 Å². The highest BCUT2D eigenvalue weighted by Gasteiger charge is 2.24. The second kappa shape index (κ2) is 6.64. The van der Waals surface area contributed by atoms with Crippen LogP contribution < -0.4 is 11.2 Å². The highest BCUT2D eigenvalue weighted by molar-refractivity contribution is 5.93. The number of carbonyl (C=O) groups is 1. The summed E-state index contributed by atoms with van der Waals surface area (Å²) in [5.74, 6) is 0.110. The van der Waals surface area contributed by atoms with Crippen LogP contribution in [-0.2, 0) is 0 Å². The summed E-state index contributed by atoms with van der Waals surface area (Å²) in [6.07, 6.45) is 3.99. The number of rotatable bonds is 2. The normalized spacial score (nSPS) is 18.4. The van der Waals surface area contributed by atoms with Crippen LogP contribution in [0.3, 0.4) is 0 Å². The smallest absolute Gasteiger partial charge is 0.325 e. The predicted octanol–water partition coefficient (Wildman–Crippen LogP) is 1.47. The molecule has 1 atom stereocenters. The second-order valence-electron chi connectivity index (χ2n) is 5.82. The molecule has 1 unspecified atom stereocenters. The van der Waals surface area contributed by atoms with E-state index in [9.17, 15) is 14.4 Å². The van der Waals surface area contributed by atoms with Crippen LogP contribution in [0.1, 0.15) is 41.1 Å². The fraction of sp³-hybridized carbons (Fsp3) is 0.353. The van der Waals surface area contributed by atoms with E-state index in [0.717, 1.165) is 19.3 Å². The number of hydrogen-bond acceptors (Lipinski definition) is 3. The van der Waals surface area contributed by atoms with Crippen LogP contribution in [0.15, 0.2) is 46.1 Å². The van der Waals surface area contributed by atoms with Crippen molar-refractivity contribution in [1.29, 1.82) is 0 Å². The van der Waals surface area contributed by atoms with Gasteiger partial charge in [-0.1, -0.05) is 30.3 Å². The lowest BCUT2D eigenvalue weighted by molar-refractivity contribution is 0.0758. The van der Waals surface area contributed by atoms with Crippen LogP contribution in [0, 0.1) is 0 Å². The summed E-state index contributed by atoms with van der Waals surface area (Å²) in [6, 6.07) is 10.3. The highest BCUT2D eigenvalue weighted by Crippen LogP contribution is 2.28. The molecule has 0 saturated carbocycles. The second-order valence-corrected chi connectivity index (χ2v) is 5.82. The Hall–Kier alpha value is -2.63. The summed E-state index contributed by atoms with van der Waals surface area (Å²) in [5, 5.41) is 0. The summed E-state index contributed by atoms with van der Waals surface area (Å²) >= 11 is 0. The number of nitrogens with one attached hydrogen (secondary N) is 2. The molecular formula is C17H19N3O3. The first-order valence-electron chi connectivity index (χ1n) is 7.81. The molecule has 0 spiro atoms. The van der Waals surface area contributed by atoms with Gasteiger partial charge in [0.05, 0.1) is 0 Å². The number of amides is 1. The monoisotopic (exact) mass is 313 g/mol.